The highest BCUT2D eigenvalue weighted by Crippen LogP contribution is 2.41. The molecule has 0 spiro atoms. The van der Waals surface area contributed by atoms with Gasteiger partial charge in [0.2, 0.25) is 24.1 Å². The second-order valence-corrected chi connectivity index (χ2v) is 18.2. The monoisotopic (exact) mass is 948 g/mol. The first-order valence-electron chi connectivity index (χ1n) is 22.2. The molecule has 0 radical (unpaired) electrons. The summed E-state index contributed by atoms with van der Waals surface area (Å²) in [4.78, 5) is 82.7. The molecule has 2 heterocycles. The smallest absolute Gasteiger partial charge is 0.410 e. The maximum atomic E-state index is 16.1. The number of hydrogen-bond acceptors (Lipinski definition) is 9. The van der Waals surface area contributed by atoms with Gasteiger partial charge in [-0.25, -0.2) is 22.9 Å². The van der Waals surface area contributed by atoms with Crippen molar-refractivity contribution in [2.45, 2.75) is 92.9 Å². The zero-order chi connectivity index (χ0) is 50.5. The van der Waals surface area contributed by atoms with Gasteiger partial charge in [0.05, 0.1) is 31.4 Å². The zero-order valence-corrected chi connectivity index (χ0v) is 39.8. The molecule has 0 bridgehead atoms. The van der Waals surface area contributed by atoms with Crippen molar-refractivity contribution < 1.29 is 51.8 Å². The highest BCUT2D eigenvalue weighted by molar-refractivity contribution is 5.96. The number of carbonyl (C=O) groups is 6. The summed E-state index contributed by atoms with van der Waals surface area (Å²) in [6.45, 7) is 15.6. The summed E-state index contributed by atoms with van der Waals surface area (Å²) in [6, 6.07) is 9.00. The Labute approximate surface area is 395 Å². The number of aliphatic hydroxyl groups is 1. The van der Waals surface area contributed by atoms with Crippen LogP contribution in [-0.2, 0) is 41.9 Å². The number of amides is 6. The van der Waals surface area contributed by atoms with Crippen LogP contribution in [0.3, 0.4) is 0 Å². The normalized spacial score (nSPS) is 16.5. The van der Waals surface area contributed by atoms with E-state index >= 15 is 8.78 Å². The number of alkyl halides is 1. The Balaban J connectivity index is 1.48. The lowest BCUT2D eigenvalue weighted by Crippen LogP contribution is -2.52. The molecule has 2 aromatic carbocycles. The van der Waals surface area contributed by atoms with E-state index in [-0.39, 0.29) is 62.3 Å². The van der Waals surface area contributed by atoms with E-state index in [1.165, 1.54) is 28.9 Å². The van der Waals surface area contributed by atoms with Crippen LogP contribution in [-0.4, -0.2) is 112 Å². The summed E-state index contributed by atoms with van der Waals surface area (Å²) in [6.07, 6.45) is 2.69. The van der Waals surface area contributed by atoms with Crippen molar-refractivity contribution in [1.82, 2.24) is 35.3 Å². The Hall–Kier alpha value is -6.76. The number of hydrogen-bond donors (Lipinski definition) is 5. The predicted molar refractivity (Wildman–Crippen MR) is 250 cm³/mol. The van der Waals surface area contributed by atoms with E-state index in [4.69, 9.17) is 9.72 Å². The molecule has 68 heavy (non-hydrogen) atoms. The van der Waals surface area contributed by atoms with Gasteiger partial charge in [-0.2, -0.15) is 0 Å². The van der Waals surface area contributed by atoms with Gasteiger partial charge in [-0.1, -0.05) is 77.1 Å². The van der Waals surface area contributed by atoms with E-state index in [1.54, 1.807) is 87.0 Å². The third kappa shape index (κ3) is 15.1. The third-order valence-electron chi connectivity index (χ3n) is 11.0. The Morgan fingerprint density at radius 3 is 2.34 bits per heavy atom. The number of aromatic nitrogens is 2. The summed E-state index contributed by atoms with van der Waals surface area (Å²) < 4.78 is 52.9. The van der Waals surface area contributed by atoms with Crippen LogP contribution in [0.15, 0.2) is 84.9 Å². The number of benzene rings is 2. The van der Waals surface area contributed by atoms with Gasteiger partial charge in [0.15, 0.2) is 0 Å². The fourth-order valence-electron chi connectivity index (χ4n) is 7.76. The number of carbonyl (C=O) groups excluding carboxylic acids is 6. The van der Waals surface area contributed by atoms with Crippen molar-refractivity contribution >= 4 is 41.8 Å². The van der Waals surface area contributed by atoms with Crippen molar-refractivity contribution in [3.63, 3.8) is 0 Å². The molecule has 368 valence electrons. The molecule has 1 aliphatic heterocycles. The molecule has 0 aliphatic carbocycles. The maximum Gasteiger partial charge on any atom is 0.410 e. The summed E-state index contributed by atoms with van der Waals surface area (Å²) in [7, 11) is 0. The van der Waals surface area contributed by atoms with Gasteiger partial charge in [-0.05, 0) is 73.6 Å². The van der Waals surface area contributed by atoms with Crippen molar-refractivity contribution in [3.05, 3.63) is 108 Å². The number of ether oxygens (including phenoxy) is 1. The molecular weight excluding hydrogens is 886 g/mol. The Morgan fingerprint density at radius 1 is 1.04 bits per heavy atom. The number of nitrogens with one attached hydrogen (secondary N) is 4. The van der Waals surface area contributed by atoms with Gasteiger partial charge in [0.25, 0.3) is 5.91 Å². The van der Waals surface area contributed by atoms with Crippen LogP contribution in [0.2, 0.25) is 0 Å². The molecule has 5 atom stereocenters. The molecule has 6 amide bonds. The quantitative estimate of drug-likeness (QED) is 0.0644. The van der Waals surface area contributed by atoms with Gasteiger partial charge in [-0.3, -0.25) is 24.0 Å². The molecule has 5 N–H and O–H groups in total. The lowest BCUT2D eigenvalue weighted by atomic mass is 9.83. The van der Waals surface area contributed by atoms with Crippen molar-refractivity contribution in [1.29, 1.82) is 0 Å². The second kappa shape index (κ2) is 24.3. The zero-order valence-electron chi connectivity index (χ0n) is 39.8. The first-order valence-corrected chi connectivity index (χ1v) is 22.2. The SMILES string of the molecule is C=C(F)/C=C(\C=C/C)Cn1cc(-c2cc(C)ccc2F)nc1C(N(CC1CN(C(=O)OCc2ccc(NC(=O)CNC(=O)C(NC(=O)CNC=O)C(C)C)cc2)CC1F)C(=O)[C@H](C)O)C(C)(C)C. The minimum atomic E-state index is -1.60. The van der Waals surface area contributed by atoms with Crippen LogP contribution in [0.5, 0.6) is 0 Å². The first kappa shape index (κ1) is 53.9. The average Bonchev–Trinajstić information content (AvgIpc) is 3.85. The van der Waals surface area contributed by atoms with Crippen molar-refractivity contribution in [2.75, 3.05) is 38.0 Å². The largest absolute Gasteiger partial charge is 0.445 e. The standard InChI is InChI=1S/C49H63F3N8O8/c1-10-11-34(19-31(5)50)22-58-26-40(37-18-30(4)12-17-38(37)51)56-45(58)44(49(7,8)9)60(47(66)32(6)62)24-35-23-59(25-39(35)52)48(67)68-27-33-13-15-36(16-14-33)55-42(64)21-54-46(65)43(29(2)3)57-41(63)20-53-28-61/h10-19,26,28-29,32,35,39,43-44,62H,5,20-25,27H2,1-4,6-9H3,(H,53,61)(H,54,65)(H,55,64)(H,57,63)/b11-10-,34-19+/t32-,35?,39?,43?,44?/m0/s1. The second-order valence-electron chi connectivity index (χ2n) is 18.2. The van der Waals surface area contributed by atoms with Crippen LogP contribution in [0.4, 0.5) is 23.7 Å². The molecular formula is C49H63F3N8O8. The molecule has 4 rings (SSSR count). The maximum absolute atomic E-state index is 16.1. The number of allylic oxidation sites excluding steroid dienone is 5. The van der Waals surface area contributed by atoms with E-state index in [9.17, 15) is 38.3 Å². The lowest BCUT2D eigenvalue weighted by molar-refractivity contribution is -0.146. The number of aryl methyl sites for hydroxylation is 1. The van der Waals surface area contributed by atoms with Crippen LogP contribution in [0, 0.1) is 30.0 Å². The number of rotatable bonds is 21. The molecule has 16 nitrogen and oxygen atoms in total. The molecule has 3 aromatic rings. The number of aliphatic hydroxyl groups excluding tert-OH is 1. The van der Waals surface area contributed by atoms with Crippen LogP contribution in [0.1, 0.15) is 71.5 Å². The van der Waals surface area contributed by atoms with Gasteiger partial charge in [0, 0.05) is 43.0 Å². The van der Waals surface area contributed by atoms with E-state index in [2.05, 4.69) is 27.8 Å². The van der Waals surface area contributed by atoms with Crippen LogP contribution >= 0.6 is 0 Å². The number of imidazole rings is 1. The molecule has 19 heteroatoms. The number of anilines is 1. The molecule has 1 saturated heterocycles. The molecule has 4 unspecified atom stereocenters. The van der Waals surface area contributed by atoms with E-state index in [0.29, 0.717) is 23.2 Å². The summed E-state index contributed by atoms with van der Waals surface area (Å²) in [5.41, 5.74) is 1.77. The van der Waals surface area contributed by atoms with Crippen molar-refractivity contribution in [3.8, 4) is 11.3 Å². The highest BCUT2D eigenvalue weighted by Gasteiger charge is 2.44. The van der Waals surface area contributed by atoms with Crippen LogP contribution in [0.25, 0.3) is 11.3 Å². The first-order chi connectivity index (χ1) is 32.0. The number of nitrogens with zero attached hydrogens (tertiary/aromatic N) is 4. The van der Waals surface area contributed by atoms with Gasteiger partial charge >= 0.3 is 6.09 Å². The van der Waals surface area contributed by atoms with E-state index in [0.717, 1.165) is 5.56 Å². The molecule has 1 aromatic heterocycles. The topological polar surface area (TPSA) is 204 Å². The Kier molecular flexibility index (Phi) is 19.3. The predicted octanol–water partition coefficient (Wildman–Crippen LogP) is 5.83. The van der Waals surface area contributed by atoms with Crippen molar-refractivity contribution in [2.24, 2.45) is 17.3 Å². The van der Waals surface area contributed by atoms with E-state index in [1.807, 2.05) is 20.8 Å². The van der Waals surface area contributed by atoms with Gasteiger partial charge in [-0.15, -0.1) is 0 Å². The number of halogens is 3. The fourth-order valence-corrected chi connectivity index (χ4v) is 7.76. The Bertz CT molecular complexity index is 2360. The molecule has 0 saturated carbocycles. The van der Waals surface area contributed by atoms with Gasteiger partial charge in [0.1, 0.15) is 42.4 Å². The van der Waals surface area contributed by atoms with Crippen LogP contribution < -0.4 is 21.3 Å². The summed E-state index contributed by atoms with van der Waals surface area (Å²) >= 11 is 0. The van der Waals surface area contributed by atoms with Gasteiger partial charge < -0.3 is 45.5 Å². The molecule has 1 aliphatic rings. The highest BCUT2D eigenvalue weighted by atomic mass is 19.1. The number of likely N-dealkylation sites (tertiary alicyclic amines) is 1. The summed E-state index contributed by atoms with van der Waals surface area (Å²) in [5, 5.41) is 20.6. The summed E-state index contributed by atoms with van der Waals surface area (Å²) in [5.74, 6) is -4.64. The fraction of sp³-hybridized carbons (Fsp3) is 0.449. The minimum Gasteiger partial charge on any atom is -0.445 e. The molecule has 1 fully saturated rings. The average molecular weight is 949 g/mol. The van der Waals surface area contributed by atoms with E-state index < -0.39 is 83.6 Å². The third-order valence-corrected chi connectivity index (χ3v) is 11.0. The lowest BCUT2D eigenvalue weighted by Gasteiger charge is -2.41. The Morgan fingerprint density at radius 2 is 1.74 bits per heavy atom. The minimum absolute atomic E-state index is 0.0325.